The number of carbonyl (C=O) groups excluding carboxylic acids is 1. The van der Waals surface area contributed by atoms with Crippen molar-refractivity contribution < 1.29 is 4.79 Å². The van der Waals surface area contributed by atoms with E-state index in [-0.39, 0.29) is 11.8 Å². The van der Waals surface area contributed by atoms with E-state index in [1.165, 1.54) is 0 Å². The Morgan fingerprint density at radius 2 is 2.26 bits per heavy atom. The third kappa shape index (κ3) is 1.85. The zero-order valence-corrected chi connectivity index (χ0v) is 11.2. The molecule has 1 saturated heterocycles. The molecule has 3 heterocycles. The van der Waals surface area contributed by atoms with E-state index in [4.69, 9.17) is 5.73 Å². The number of imidazole rings is 1. The fraction of sp³-hybridized carbons (Fsp3) is 0.429. The fourth-order valence-corrected chi connectivity index (χ4v) is 2.70. The molecule has 5 heteroatoms. The van der Waals surface area contributed by atoms with Crippen LogP contribution >= 0.6 is 0 Å². The largest absolute Gasteiger partial charge is 0.396 e. The molecule has 3 rings (SSSR count). The van der Waals surface area contributed by atoms with Gasteiger partial charge in [0.2, 0.25) is 5.91 Å². The van der Waals surface area contributed by atoms with Gasteiger partial charge in [0, 0.05) is 18.4 Å². The molecule has 0 radical (unpaired) electrons. The number of piperidine rings is 1. The molecule has 2 aromatic rings. The first kappa shape index (κ1) is 12.0. The number of aromatic nitrogens is 2. The van der Waals surface area contributed by atoms with Gasteiger partial charge < -0.3 is 15.5 Å². The van der Waals surface area contributed by atoms with E-state index >= 15 is 0 Å². The maximum absolute atomic E-state index is 12.0. The molecule has 100 valence electrons. The SMILES string of the molecule is Cc1nc2c(N)cc(C3CCCNC3=O)cn2c1C. The molecule has 1 amide bonds. The van der Waals surface area contributed by atoms with Gasteiger partial charge in [0.15, 0.2) is 5.65 Å². The van der Waals surface area contributed by atoms with Crippen molar-refractivity contribution in [2.45, 2.75) is 32.6 Å². The molecule has 0 aliphatic carbocycles. The summed E-state index contributed by atoms with van der Waals surface area (Å²) in [7, 11) is 0. The third-order valence-corrected chi connectivity index (χ3v) is 3.93. The number of fused-ring (bicyclic) bond motifs is 1. The second-order valence-corrected chi connectivity index (χ2v) is 5.19. The quantitative estimate of drug-likeness (QED) is 0.814. The lowest BCUT2D eigenvalue weighted by atomic mass is 9.92. The molecule has 1 atom stereocenters. The summed E-state index contributed by atoms with van der Waals surface area (Å²) in [4.78, 5) is 16.4. The van der Waals surface area contributed by atoms with E-state index < -0.39 is 0 Å². The molecule has 0 spiro atoms. The van der Waals surface area contributed by atoms with Crippen molar-refractivity contribution in [1.29, 1.82) is 0 Å². The predicted molar refractivity (Wildman–Crippen MR) is 74.1 cm³/mol. The van der Waals surface area contributed by atoms with Crippen molar-refractivity contribution in [2.75, 3.05) is 12.3 Å². The average molecular weight is 258 g/mol. The van der Waals surface area contributed by atoms with Gasteiger partial charge in [-0.15, -0.1) is 0 Å². The number of carbonyl (C=O) groups is 1. The maximum atomic E-state index is 12.0. The summed E-state index contributed by atoms with van der Waals surface area (Å²) >= 11 is 0. The van der Waals surface area contributed by atoms with Crippen LogP contribution in [-0.4, -0.2) is 21.8 Å². The molecule has 1 unspecified atom stereocenters. The lowest BCUT2D eigenvalue weighted by molar-refractivity contribution is -0.123. The summed E-state index contributed by atoms with van der Waals surface area (Å²) in [6.07, 6.45) is 3.89. The Balaban J connectivity index is 2.14. The summed E-state index contributed by atoms with van der Waals surface area (Å²) in [5.41, 5.74) is 10.5. The van der Waals surface area contributed by atoms with Crippen LogP contribution in [-0.2, 0) is 4.79 Å². The van der Waals surface area contributed by atoms with Gasteiger partial charge in [-0.2, -0.15) is 0 Å². The first-order valence-electron chi connectivity index (χ1n) is 6.60. The number of amides is 1. The van der Waals surface area contributed by atoms with E-state index in [9.17, 15) is 4.79 Å². The number of anilines is 1. The van der Waals surface area contributed by atoms with Crippen molar-refractivity contribution in [1.82, 2.24) is 14.7 Å². The zero-order chi connectivity index (χ0) is 13.6. The topological polar surface area (TPSA) is 72.4 Å². The maximum Gasteiger partial charge on any atom is 0.227 e. The highest BCUT2D eigenvalue weighted by atomic mass is 16.1. The Hall–Kier alpha value is -2.04. The Morgan fingerprint density at radius 1 is 1.47 bits per heavy atom. The van der Waals surface area contributed by atoms with Gasteiger partial charge in [-0.3, -0.25) is 4.79 Å². The zero-order valence-electron chi connectivity index (χ0n) is 11.2. The second kappa shape index (κ2) is 4.26. The first-order valence-corrected chi connectivity index (χ1v) is 6.60. The highest BCUT2D eigenvalue weighted by Crippen LogP contribution is 2.28. The predicted octanol–water partition coefficient (Wildman–Crippen LogP) is 1.53. The van der Waals surface area contributed by atoms with Crippen molar-refractivity contribution in [3.63, 3.8) is 0 Å². The van der Waals surface area contributed by atoms with Crippen molar-refractivity contribution in [3.05, 3.63) is 29.2 Å². The Morgan fingerprint density at radius 3 is 3.00 bits per heavy atom. The lowest BCUT2D eigenvalue weighted by Crippen LogP contribution is -2.35. The molecular weight excluding hydrogens is 240 g/mol. The molecule has 1 aliphatic rings. The van der Waals surface area contributed by atoms with Crippen LogP contribution in [0, 0.1) is 13.8 Å². The fourth-order valence-electron chi connectivity index (χ4n) is 2.70. The van der Waals surface area contributed by atoms with Crippen LogP contribution < -0.4 is 11.1 Å². The van der Waals surface area contributed by atoms with Crippen molar-refractivity contribution in [3.8, 4) is 0 Å². The van der Waals surface area contributed by atoms with E-state index in [2.05, 4.69) is 10.3 Å². The van der Waals surface area contributed by atoms with Crippen LogP contribution in [0.25, 0.3) is 5.65 Å². The van der Waals surface area contributed by atoms with Gasteiger partial charge in [-0.1, -0.05) is 0 Å². The average Bonchev–Trinajstić information content (AvgIpc) is 2.67. The first-order chi connectivity index (χ1) is 9.08. The van der Waals surface area contributed by atoms with E-state index in [1.807, 2.05) is 30.5 Å². The van der Waals surface area contributed by atoms with Crippen molar-refractivity contribution >= 4 is 17.2 Å². The molecule has 3 N–H and O–H groups in total. The molecule has 0 bridgehead atoms. The number of nitrogens with one attached hydrogen (secondary N) is 1. The number of hydrogen-bond acceptors (Lipinski definition) is 3. The minimum absolute atomic E-state index is 0.0949. The van der Waals surface area contributed by atoms with Gasteiger partial charge in [0.1, 0.15) is 0 Å². The normalized spacial score (nSPS) is 19.7. The standard InChI is InChI=1S/C14H18N4O/c1-8-9(2)18-7-10(6-12(15)13(18)17-8)11-4-3-5-16-14(11)19/h6-7,11H,3-5,15H2,1-2H3,(H,16,19). The van der Waals surface area contributed by atoms with Crippen LogP contribution in [0.15, 0.2) is 12.3 Å². The molecule has 19 heavy (non-hydrogen) atoms. The summed E-state index contributed by atoms with van der Waals surface area (Å²) in [5, 5.41) is 2.91. The molecule has 1 fully saturated rings. The minimum atomic E-state index is -0.0949. The molecule has 0 saturated carbocycles. The highest BCUT2D eigenvalue weighted by Gasteiger charge is 2.25. The molecule has 5 nitrogen and oxygen atoms in total. The number of nitrogens with zero attached hydrogens (tertiary/aromatic N) is 2. The number of rotatable bonds is 1. The van der Waals surface area contributed by atoms with Gasteiger partial charge in [0.25, 0.3) is 0 Å². The highest BCUT2D eigenvalue weighted by molar-refractivity contribution is 5.85. The van der Waals surface area contributed by atoms with Crippen LogP contribution in [0.2, 0.25) is 0 Å². The number of hydrogen-bond donors (Lipinski definition) is 2. The van der Waals surface area contributed by atoms with Crippen molar-refractivity contribution in [2.24, 2.45) is 0 Å². The summed E-state index contributed by atoms with van der Waals surface area (Å²) in [6, 6.07) is 1.89. The Bertz CT molecular complexity index is 659. The van der Waals surface area contributed by atoms with E-state index in [1.54, 1.807) is 0 Å². The minimum Gasteiger partial charge on any atom is -0.396 e. The lowest BCUT2D eigenvalue weighted by Gasteiger charge is -2.22. The third-order valence-electron chi connectivity index (χ3n) is 3.93. The van der Waals surface area contributed by atoms with Crippen LogP contribution in [0.3, 0.4) is 0 Å². The number of pyridine rings is 1. The number of nitrogens with two attached hydrogens (primary N) is 1. The Labute approximate surface area is 111 Å². The van der Waals surface area contributed by atoms with Crippen LogP contribution in [0.5, 0.6) is 0 Å². The summed E-state index contributed by atoms with van der Waals surface area (Å²) in [6.45, 7) is 4.75. The van der Waals surface area contributed by atoms with Gasteiger partial charge in [-0.25, -0.2) is 4.98 Å². The molecule has 1 aliphatic heterocycles. The molecule has 0 aromatic carbocycles. The van der Waals surface area contributed by atoms with Gasteiger partial charge >= 0.3 is 0 Å². The molecular formula is C14H18N4O. The van der Waals surface area contributed by atoms with E-state index in [0.717, 1.165) is 42.0 Å². The molecule has 2 aromatic heterocycles. The Kier molecular flexibility index (Phi) is 2.69. The van der Waals surface area contributed by atoms with Gasteiger partial charge in [0.05, 0.1) is 17.3 Å². The monoisotopic (exact) mass is 258 g/mol. The number of nitrogen functional groups attached to an aromatic ring is 1. The van der Waals surface area contributed by atoms with E-state index in [0.29, 0.717) is 5.69 Å². The summed E-state index contributed by atoms with van der Waals surface area (Å²) < 4.78 is 1.99. The second-order valence-electron chi connectivity index (χ2n) is 5.19. The summed E-state index contributed by atoms with van der Waals surface area (Å²) in [5.74, 6) is 0.00189. The van der Waals surface area contributed by atoms with Crippen LogP contribution in [0.1, 0.15) is 35.7 Å². The smallest absolute Gasteiger partial charge is 0.227 e. The van der Waals surface area contributed by atoms with Gasteiger partial charge in [-0.05, 0) is 38.3 Å². The number of aryl methyl sites for hydroxylation is 2. The van der Waals surface area contributed by atoms with Crippen LogP contribution in [0.4, 0.5) is 5.69 Å².